The van der Waals surface area contributed by atoms with Crippen molar-refractivity contribution in [3.8, 4) is 11.5 Å². The third-order valence-electron chi connectivity index (χ3n) is 3.47. The molecule has 2 aromatic carbocycles. The molecule has 1 N–H and O–H groups in total. The topological polar surface area (TPSA) is 30.5 Å². The molecule has 0 radical (unpaired) electrons. The molecule has 2 aromatic rings. The predicted octanol–water partition coefficient (Wildman–Crippen LogP) is 3.65. The van der Waals surface area contributed by atoms with Crippen LogP contribution in [-0.4, -0.2) is 20.8 Å². The van der Waals surface area contributed by atoms with Gasteiger partial charge in [-0.15, -0.1) is 0 Å². The van der Waals surface area contributed by atoms with Crippen LogP contribution in [0.15, 0.2) is 42.5 Å². The SMILES string of the molecule is CNC(COc1cc(C)cc(C)c1)c1ccccc1OC. The van der Waals surface area contributed by atoms with Crippen LogP contribution in [-0.2, 0) is 0 Å². The van der Waals surface area contributed by atoms with Crippen LogP contribution in [0.4, 0.5) is 0 Å². The molecule has 2 rings (SSSR count). The average Bonchev–Trinajstić information content (AvgIpc) is 2.47. The van der Waals surface area contributed by atoms with Crippen molar-refractivity contribution in [3.63, 3.8) is 0 Å². The van der Waals surface area contributed by atoms with Crippen LogP contribution in [0, 0.1) is 13.8 Å². The first-order valence-corrected chi connectivity index (χ1v) is 7.15. The minimum Gasteiger partial charge on any atom is -0.496 e. The Morgan fingerprint density at radius 3 is 2.33 bits per heavy atom. The number of hydrogen-bond acceptors (Lipinski definition) is 3. The van der Waals surface area contributed by atoms with Gasteiger partial charge in [-0.25, -0.2) is 0 Å². The highest BCUT2D eigenvalue weighted by atomic mass is 16.5. The molecular formula is C18H23NO2. The smallest absolute Gasteiger partial charge is 0.123 e. The zero-order chi connectivity index (χ0) is 15.2. The summed E-state index contributed by atoms with van der Waals surface area (Å²) in [7, 11) is 3.62. The fourth-order valence-corrected chi connectivity index (χ4v) is 2.48. The van der Waals surface area contributed by atoms with Gasteiger partial charge in [0.25, 0.3) is 0 Å². The number of nitrogens with one attached hydrogen (secondary N) is 1. The van der Waals surface area contributed by atoms with E-state index in [2.05, 4.69) is 43.4 Å². The molecular weight excluding hydrogens is 262 g/mol. The largest absolute Gasteiger partial charge is 0.496 e. The van der Waals surface area contributed by atoms with Gasteiger partial charge in [-0.05, 0) is 50.2 Å². The summed E-state index contributed by atoms with van der Waals surface area (Å²) in [6, 6.07) is 14.4. The van der Waals surface area contributed by atoms with E-state index in [4.69, 9.17) is 9.47 Å². The third kappa shape index (κ3) is 3.99. The van der Waals surface area contributed by atoms with Crippen molar-refractivity contribution in [1.82, 2.24) is 5.32 Å². The molecule has 0 fully saturated rings. The second-order valence-corrected chi connectivity index (χ2v) is 5.22. The van der Waals surface area contributed by atoms with Gasteiger partial charge >= 0.3 is 0 Å². The van der Waals surface area contributed by atoms with Gasteiger partial charge in [-0.3, -0.25) is 0 Å². The first-order valence-electron chi connectivity index (χ1n) is 7.15. The van der Waals surface area contributed by atoms with E-state index in [1.54, 1.807) is 7.11 Å². The molecule has 0 amide bonds. The van der Waals surface area contributed by atoms with Gasteiger partial charge in [-0.1, -0.05) is 24.3 Å². The Bertz CT molecular complexity index is 575. The molecule has 0 saturated heterocycles. The summed E-state index contributed by atoms with van der Waals surface area (Å²) in [5.74, 6) is 1.78. The summed E-state index contributed by atoms with van der Waals surface area (Å²) in [4.78, 5) is 0. The lowest BCUT2D eigenvalue weighted by atomic mass is 10.1. The molecule has 1 atom stereocenters. The number of methoxy groups -OCH3 is 1. The van der Waals surface area contributed by atoms with E-state index >= 15 is 0 Å². The first kappa shape index (κ1) is 15.4. The summed E-state index contributed by atoms with van der Waals surface area (Å²) in [5.41, 5.74) is 3.53. The van der Waals surface area contributed by atoms with Crippen LogP contribution in [0.5, 0.6) is 11.5 Å². The summed E-state index contributed by atoms with van der Waals surface area (Å²) < 4.78 is 11.4. The Morgan fingerprint density at radius 1 is 1.05 bits per heavy atom. The number of ether oxygens (including phenoxy) is 2. The van der Waals surface area contributed by atoms with Gasteiger partial charge in [0.2, 0.25) is 0 Å². The Balaban J connectivity index is 2.12. The number of likely N-dealkylation sites (N-methyl/N-ethyl adjacent to an activating group) is 1. The van der Waals surface area contributed by atoms with Gasteiger partial charge in [0, 0.05) is 5.56 Å². The minimum atomic E-state index is 0.0852. The van der Waals surface area contributed by atoms with Crippen molar-refractivity contribution in [3.05, 3.63) is 59.2 Å². The number of benzene rings is 2. The van der Waals surface area contributed by atoms with E-state index in [9.17, 15) is 0 Å². The molecule has 0 spiro atoms. The molecule has 21 heavy (non-hydrogen) atoms. The van der Waals surface area contributed by atoms with Crippen LogP contribution in [0.1, 0.15) is 22.7 Å². The maximum absolute atomic E-state index is 5.96. The van der Waals surface area contributed by atoms with E-state index in [1.807, 2.05) is 25.2 Å². The zero-order valence-corrected chi connectivity index (χ0v) is 13.1. The van der Waals surface area contributed by atoms with E-state index in [-0.39, 0.29) is 6.04 Å². The molecule has 0 aliphatic heterocycles. The Kier molecular flexibility index (Phi) is 5.23. The highest BCUT2D eigenvalue weighted by Gasteiger charge is 2.14. The maximum Gasteiger partial charge on any atom is 0.123 e. The lowest BCUT2D eigenvalue weighted by molar-refractivity contribution is 0.268. The van der Waals surface area contributed by atoms with Crippen molar-refractivity contribution in [2.24, 2.45) is 0 Å². The molecule has 112 valence electrons. The summed E-state index contributed by atoms with van der Waals surface area (Å²) >= 11 is 0. The summed E-state index contributed by atoms with van der Waals surface area (Å²) in [5, 5.41) is 3.29. The maximum atomic E-state index is 5.96. The molecule has 0 aromatic heterocycles. The molecule has 3 heteroatoms. The van der Waals surface area contributed by atoms with E-state index < -0.39 is 0 Å². The van der Waals surface area contributed by atoms with Gasteiger partial charge in [0.1, 0.15) is 18.1 Å². The van der Waals surface area contributed by atoms with E-state index in [0.717, 1.165) is 17.1 Å². The molecule has 0 saturated carbocycles. The van der Waals surface area contributed by atoms with E-state index in [1.165, 1.54) is 11.1 Å². The fraction of sp³-hybridized carbons (Fsp3) is 0.333. The Hall–Kier alpha value is -2.00. The molecule has 1 unspecified atom stereocenters. The van der Waals surface area contributed by atoms with Crippen molar-refractivity contribution in [1.29, 1.82) is 0 Å². The summed E-state index contributed by atoms with van der Waals surface area (Å²) in [6.45, 7) is 4.71. The molecule has 0 aliphatic rings. The van der Waals surface area contributed by atoms with Crippen molar-refractivity contribution >= 4 is 0 Å². The van der Waals surface area contributed by atoms with Gasteiger partial charge < -0.3 is 14.8 Å². The normalized spacial score (nSPS) is 12.0. The van der Waals surface area contributed by atoms with Crippen LogP contribution >= 0.6 is 0 Å². The van der Waals surface area contributed by atoms with Crippen LogP contribution < -0.4 is 14.8 Å². The van der Waals surface area contributed by atoms with Crippen molar-refractivity contribution in [2.75, 3.05) is 20.8 Å². The average molecular weight is 285 g/mol. The monoisotopic (exact) mass is 285 g/mol. The zero-order valence-electron chi connectivity index (χ0n) is 13.1. The molecule has 0 bridgehead atoms. The quantitative estimate of drug-likeness (QED) is 0.878. The minimum absolute atomic E-state index is 0.0852. The molecule has 0 heterocycles. The van der Waals surface area contributed by atoms with Crippen LogP contribution in [0.2, 0.25) is 0 Å². The predicted molar refractivity (Wildman–Crippen MR) is 86.2 cm³/mol. The van der Waals surface area contributed by atoms with Crippen LogP contribution in [0.25, 0.3) is 0 Å². The second-order valence-electron chi connectivity index (χ2n) is 5.22. The van der Waals surface area contributed by atoms with Crippen molar-refractivity contribution in [2.45, 2.75) is 19.9 Å². The number of rotatable bonds is 6. The third-order valence-corrected chi connectivity index (χ3v) is 3.47. The molecule has 0 aliphatic carbocycles. The highest BCUT2D eigenvalue weighted by Crippen LogP contribution is 2.25. The number of aryl methyl sites for hydroxylation is 2. The van der Waals surface area contributed by atoms with Gasteiger partial charge in [0.15, 0.2) is 0 Å². The highest BCUT2D eigenvalue weighted by molar-refractivity contribution is 5.37. The standard InChI is InChI=1S/C18H23NO2/c1-13-9-14(2)11-15(10-13)21-12-17(19-3)16-7-5-6-8-18(16)20-4/h5-11,17,19H,12H2,1-4H3. The lowest BCUT2D eigenvalue weighted by Gasteiger charge is -2.20. The first-order chi connectivity index (χ1) is 10.1. The lowest BCUT2D eigenvalue weighted by Crippen LogP contribution is -2.23. The van der Waals surface area contributed by atoms with Crippen molar-refractivity contribution < 1.29 is 9.47 Å². The van der Waals surface area contributed by atoms with Crippen LogP contribution in [0.3, 0.4) is 0 Å². The molecule has 3 nitrogen and oxygen atoms in total. The Morgan fingerprint density at radius 2 is 1.71 bits per heavy atom. The van der Waals surface area contributed by atoms with Gasteiger partial charge in [0.05, 0.1) is 13.2 Å². The summed E-state index contributed by atoms with van der Waals surface area (Å²) in [6.07, 6.45) is 0. The second kappa shape index (κ2) is 7.14. The van der Waals surface area contributed by atoms with Gasteiger partial charge in [-0.2, -0.15) is 0 Å². The fourth-order valence-electron chi connectivity index (χ4n) is 2.48. The van der Waals surface area contributed by atoms with E-state index in [0.29, 0.717) is 6.61 Å². The number of hydrogen-bond donors (Lipinski definition) is 1. The Labute approximate surface area is 126 Å². The number of para-hydroxylation sites is 1.